The van der Waals surface area contributed by atoms with Crippen molar-refractivity contribution in [2.75, 3.05) is 13.7 Å². The van der Waals surface area contributed by atoms with Gasteiger partial charge >= 0.3 is 5.97 Å². The average molecular weight is 367 g/mol. The van der Waals surface area contributed by atoms with E-state index in [2.05, 4.69) is 10.4 Å². The fraction of sp³-hybridized carbons (Fsp3) is 0.150. The normalized spacial score (nSPS) is 10.5. The number of benzene rings is 2. The van der Waals surface area contributed by atoms with E-state index < -0.39 is 11.9 Å². The van der Waals surface area contributed by atoms with E-state index in [1.807, 2.05) is 31.2 Å². The fourth-order valence-corrected chi connectivity index (χ4v) is 2.54. The van der Waals surface area contributed by atoms with Crippen LogP contribution in [0.25, 0.3) is 16.9 Å². The van der Waals surface area contributed by atoms with Crippen LogP contribution < -0.4 is 5.32 Å². The molecular weight excluding hydrogens is 349 g/mol. The summed E-state index contributed by atoms with van der Waals surface area (Å²) in [6.45, 7) is 1.55. The number of carbonyl (C=O) groups is 2. The van der Waals surface area contributed by atoms with E-state index in [0.29, 0.717) is 11.4 Å². The number of hydrogen-bond acceptors (Lipinski definition) is 4. The largest absolute Gasteiger partial charge is 0.452 e. The molecule has 0 saturated carbocycles. The van der Waals surface area contributed by atoms with Gasteiger partial charge in [-0.1, -0.05) is 23.8 Å². The molecule has 0 aliphatic carbocycles. The van der Waals surface area contributed by atoms with E-state index in [-0.39, 0.29) is 18.0 Å². The lowest BCUT2D eigenvalue weighted by Crippen LogP contribution is -2.25. The van der Waals surface area contributed by atoms with Crippen molar-refractivity contribution in [3.05, 3.63) is 71.7 Å². The van der Waals surface area contributed by atoms with Crippen molar-refractivity contribution in [3.63, 3.8) is 0 Å². The van der Waals surface area contributed by atoms with Crippen molar-refractivity contribution in [2.24, 2.45) is 0 Å². The van der Waals surface area contributed by atoms with Crippen molar-refractivity contribution in [2.45, 2.75) is 6.92 Å². The fourth-order valence-electron chi connectivity index (χ4n) is 2.54. The maximum Gasteiger partial charge on any atom is 0.342 e. The third-order valence-electron chi connectivity index (χ3n) is 3.93. The minimum atomic E-state index is -0.663. The Morgan fingerprint density at radius 2 is 1.93 bits per heavy atom. The topological polar surface area (TPSA) is 73.2 Å². The second-order valence-electron chi connectivity index (χ2n) is 5.93. The number of likely N-dealkylation sites (N-methyl/N-ethyl adjacent to an activating group) is 1. The predicted octanol–water partition coefficient (Wildman–Crippen LogP) is 2.89. The molecule has 1 aromatic heterocycles. The number of ether oxygens (including phenoxy) is 1. The standard InChI is InChI=1S/C20H18FN3O3/c1-13-4-3-5-14(10-13)19-17(20(26)27-12-18(25)22-2)11-24(23-19)16-8-6-15(21)7-9-16/h3-11H,12H2,1-2H3,(H,22,25). The number of nitrogens with zero attached hydrogens (tertiary/aromatic N) is 2. The molecular formula is C20H18FN3O3. The highest BCUT2D eigenvalue weighted by atomic mass is 19.1. The number of halogens is 1. The first-order valence-corrected chi connectivity index (χ1v) is 8.28. The second-order valence-corrected chi connectivity index (χ2v) is 5.93. The van der Waals surface area contributed by atoms with Gasteiger partial charge in [0, 0.05) is 18.8 Å². The van der Waals surface area contributed by atoms with E-state index in [4.69, 9.17) is 4.74 Å². The molecule has 7 heteroatoms. The first kappa shape index (κ1) is 18.3. The average Bonchev–Trinajstić information content (AvgIpc) is 3.12. The van der Waals surface area contributed by atoms with Crippen molar-refractivity contribution in [3.8, 4) is 16.9 Å². The van der Waals surface area contributed by atoms with Gasteiger partial charge in [-0.05, 0) is 37.3 Å². The van der Waals surface area contributed by atoms with Crippen molar-refractivity contribution in [1.82, 2.24) is 15.1 Å². The smallest absolute Gasteiger partial charge is 0.342 e. The van der Waals surface area contributed by atoms with E-state index in [1.54, 1.807) is 12.1 Å². The van der Waals surface area contributed by atoms with E-state index in [9.17, 15) is 14.0 Å². The van der Waals surface area contributed by atoms with Crippen LogP contribution in [0.3, 0.4) is 0 Å². The monoisotopic (exact) mass is 367 g/mol. The third kappa shape index (κ3) is 4.20. The summed E-state index contributed by atoms with van der Waals surface area (Å²) in [7, 11) is 1.46. The number of aromatic nitrogens is 2. The Labute approximate surface area is 155 Å². The molecule has 0 atom stereocenters. The van der Waals surface area contributed by atoms with E-state index in [1.165, 1.54) is 30.1 Å². The molecule has 27 heavy (non-hydrogen) atoms. The van der Waals surface area contributed by atoms with Crippen LogP contribution in [0.1, 0.15) is 15.9 Å². The van der Waals surface area contributed by atoms with Crippen molar-refractivity contribution in [1.29, 1.82) is 0 Å². The molecule has 0 aliphatic heterocycles. The number of nitrogens with one attached hydrogen (secondary N) is 1. The molecule has 2 aromatic carbocycles. The number of esters is 1. The summed E-state index contributed by atoms with van der Waals surface area (Å²) in [5.41, 5.74) is 2.98. The van der Waals surface area contributed by atoms with Crippen LogP contribution in [-0.4, -0.2) is 35.3 Å². The zero-order valence-electron chi connectivity index (χ0n) is 14.9. The van der Waals surface area contributed by atoms with E-state index in [0.717, 1.165) is 11.1 Å². The van der Waals surface area contributed by atoms with Crippen LogP contribution in [0.2, 0.25) is 0 Å². The number of aryl methyl sites for hydroxylation is 1. The maximum atomic E-state index is 13.2. The number of hydrogen-bond donors (Lipinski definition) is 1. The maximum absolute atomic E-state index is 13.2. The highest BCUT2D eigenvalue weighted by Gasteiger charge is 2.21. The van der Waals surface area contributed by atoms with Gasteiger partial charge in [0.1, 0.15) is 17.1 Å². The van der Waals surface area contributed by atoms with Crippen LogP contribution in [0.15, 0.2) is 54.7 Å². The summed E-state index contributed by atoms with van der Waals surface area (Å²) in [4.78, 5) is 23.9. The van der Waals surface area contributed by atoms with Gasteiger partial charge in [-0.25, -0.2) is 13.9 Å². The highest BCUT2D eigenvalue weighted by Crippen LogP contribution is 2.25. The molecule has 0 unspecified atom stereocenters. The lowest BCUT2D eigenvalue weighted by Gasteiger charge is -2.04. The number of amides is 1. The summed E-state index contributed by atoms with van der Waals surface area (Å²) in [5.74, 6) is -1.44. The van der Waals surface area contributed by atoms with Gasteiger partial charge in [0.05, 0.1) is 5.69 Å². The Morgan fingerprint density at radius 3 is 2.59 bits per heavy atom. The lowest BCUT2D eigenvalue weighted by atomic mass is 10.1. The molecule has 3 aromatic rings. The zero-order chi connectivity index (χ0) is 19.4. The van der Waals surface area contributed by atoms with Gasteiger partial charge in [-0.2, -0.15) is 5.10 Å². The van der Waals surface area contributed by atoms with Crippen molar-refractivity contribution < 1.29 is 18.7 Å². The molecule has 0 fully saturated rings. The Kier molecular flexibility index (Phi) is 5.30. The van der Waals surface area contributed by atoms with Crippen LogP contribution >= 0.6 is 0 Å². The predicted molar refractivity (Wildman–Crippen MR) is 98.0 cm³/mol. The highest BCUT2D eigenvalue weighted by molar-refractivity contribution is 5.97. The molecule has 6 nitrogen and oxygen atoms in total. The van der Waals surface area contributed by atoms with Gasteiger partial charge in [0.25, 0.3) is 5.91 Å². The van der Waals surface area contributed by atoms with Gasteiger partial charge in [-0.15, -0.1) is 0 Å². The zero-order valence-corrected chi connectivity index (χ0v) is 14.9. The molecule has 1 N–H and O–H groups in total. The molecule has 1 amide bonds. The molecule has 1 heterocycles. The molecule has 0 spiro atoms. The Bertz CT molecular complexity index is 980. The van der Waals surface area contributed by atoms with Gasteiger partial charge < -0.3 is 10.1 Å². The van der Waals surface area contributed by atoms with Crippen LogP contribution in [0.4, 0.5) is 4.39 Å². The van der Waals surface area contributed by atoms with Gasteiger partial charge in [0.2, 0.25) is 0 Å². The first-order chi connectivity index (χ1) is 13.0. The Hall–Kier alpha value is -3.48. The Balaban J connectivity index is 2.02. The van der Waals surface area contributed by atoms with Gasteiger partial charge in [0.15, 0.2) is 6.61 Å². The number of carbonyl (C=O) groups excluding carboxylic acids is 2. The minimum Gasteiger partial charge on any atom is -0.452 e. The molecule has 0 saturated heterocycles. The minimum absolute atomic E-state index is 0.217. The molecule has 0 aliphatic rings. The quantitative estimate of drug-likeness (QED) is 0.704. The van der Waals surface area contributed by atoms with Crippen LogP contribution in [0.5, 0.6) is 0 Å². The first-order valence-electron chi connectivity index (χ1n) is 8.28. The molecule has 138 valence electrons. The lowest BCUT2D eigenvalue weighted by molar-refractivity contribution is -0.123. The third-order valence-corrected chi connectivity index (χ3v) is 3.93. The molecule has 0 radical (unpaired) electrons. The van der Waals surface area contributed by atoms with E-state index >= 15 is 0 Å². The molecule has 3 rings (SSSR count). The summed E-state index contributed by atoms with van der Waals surface area (Å²) >= 11 is 0. The van der Waals surface area contributed by atoms with Gasteiger partial charge in [-0.3, -0.25) is 4.79 Å². The van der Waals surface area contributed by atoms with Crippen LogP contribution in [-0.2, 0) is 9.53 Å². The number of rotatable bonds is 5. The SMILES string of the molecule is CNC(=O)COC(=O)c1cn(-c2ccc(F)cc2)nc1-c1cccc(C)c1. The summed E-state index contributed by atoms with van der Waals surface area (Å²) in [6.07, 6.45) is 1.51. The molecule has 0 bridgehead atoms. The van der Waals surface area contributed by atoms with Crippen LogP contribution in [0, 0.1) is 12.7 Å². The summed E-state index contributed by atoms with van der Waals surface area (Å²) in [5, 5.41) is 6.87. The summed E-state index contributed by atoms with van der Waals surface area (Å²) < 4.78 is 19.7. The van der Waals surface area contributed by atoms with Crippen molar-refractivity contribution >= 4 is 11.9 Å². The Morgan fingerprint density at radius 1 is 1.19 bits per heavy atom. The second kappa shape index (κ2) is 7.82. The summed E-state index contributed by atoms with van der Waals surface area (Å²) in [6, 6.07) is 13.3.